The van der Waals surface area contributed by atoms with Gasteiger partial charge in [-0.15, -0.1) is 11.3 Å². The van der Waals surface area contributed by atoms with E-state index in [-0.39, 0.29) is 11.8 Å². The molecule has 8 nitrogen and oxygen atoms in total. The molecule has 2 aromatic heterocycles. The van der Waals surface area contributed by atoms with Crippen molar-refractivity contribution in [3.8, 4) is 0 Å². The Hall–Kier alpha value is -2.07. The summed E-state index contributed by atoms with van der Waals surface area (Å²) >= 11 is 1.39. The topological polar surface area (TPSA) is 81.2 Å². The number of morpholine rings is 2. The quantitative estimate of drug-likeness (QED) is 0.735. The molecule has 0 saturated carbocycles. The molecule has 2 aliphatic heterocycles. The second-order valence-corrected chi connectivity index (χ2v) is 8.93. The lowest BCUT2D eigenvalue weighted by Crippen LogP contribution is -2.51. The maximum Gasteiger partial charge on any atom is 0.264 e. The van der Waals surface area contributed by atoms with Gasteiger partial charge in [0.2, 0.25) is 0 Å². The van der Waals surface area contributed by atoms with Gasteiger partial charge in [-0.3, -0.25) is 9.59 Å². The van der Waals surface area contributed by atoms with E-state index in [1.807, 2.05) is 17.0 Å². The number of carbonyl (C=O) groups is 2. The molecule has 0 spiro atoms. The van der Waals surface area contributed by atoms with Crippen molar-refractivity contribution in [3.63, 3.8) is 0 Å². The van der Waals surface area contributed by atoms with Gasteiger partial charge in [0.15, 0.2) is 0 Å². The van der Waals surface area contributed by atoms with E-state index >= 15 is 0 Å². The summed E-state index contributed by atoms with van der Waals surface area (Å²) in [6.07, 6.45) is 1.33. The predicted molar refractivity (Wildman–Crippen MR) is 113 cm³/mol. The molecule has 1 atom stereocenters. The fourth-order valence-corrected chi connectivity index (χ4v) is 4.98. The fourth-order valence-electron chi connectivity index (χ4n) is 3.82. The third-order valence-electron chi connectivity index (χ3n) is 5.70. The maximum atomic E-state index is 13.4. The van der Waals surface area contributed by atoms with Crippen LogP contribution in [0.1, 0.15) is 35.2 Å². The number of methoxy groups -OCH3 is 1. The molecule has 0 aliphatic carbocycles. The number of carbonyl (C=O) groups excluding carboxylic acids is 2. The molecule has 0 N–H and O–H groups in total. The highest BCUT2D eigenvalue weighted by Gasteiger charge is 2.37. The Balaban J connectivity index is 1.69. The van der Waals surface area contributed by atoms with E-state index < -0.39 is 11.7 Å². The first-order chi connectivity index (χ1) is 14.4. The minimum absolute atomic E-state index is 0.0272. The number of thiophene rings is 1. The average molecular weight is 434 g/mol. The Bertz CT molecular complexity index is 938. The summed E-state index contributed by atoms with van der Waals surface area (Å²) in [6, 6.07) is 3.83. The zero-order valence-electron chi connectivity index (χ0n) is 17.6. The van der Waals surface area contributed by atoms with Gasteiger partial charge in [-0.2, -0.15) is 0 Å². The molecule has 0 bridgehead atoms. The zero-order valence-corrected chi connectivity index (χ0v) is 18.4. The molecule has 9 heteroatoms. The Morgan fingerprint density at radius 2 is 1.93 bits per heavy atom. The summed E-state index contributed by atoms with van der Waals surface area (Å²) in [5.41, 5.74) is -0.0839. The number of rotatable bonds is 4. The summed E-state index contributed by atoms with van der Waals surface area (Å²) in [5.74, 6) is -0.113. The van der Waals surface area contributed by atoms with Gasteiger partial charge in [-0.05, 0) is 19.9 Å². The Morgan fingerprint density at radius 1 is 1.20 bits per heavy atom. The number of fused-ring (bicyclic) bond motifs is 1. The normalized spacial score (nSPS) is 20.6. The molecule has 0 aromatic carbocycles. The fraction of sp³-hybridized carbons (Fsp3) is 0.571. The molecular formula is C21H27N3O5S. The molecule has 2 aromatic rings. The molecule has 2 amide bonds. The lowest BCUT2D eigenvalue weighted by atomic mass is 10.0. The van der Waals surface area contributed by atoms with Crippen LogP contribution in [0, 0.1) is 0 Å². The van der Waals surface area contributed by atoms with Crippen molar-refractivity contribution in [2.75, 3.05) is 53.1 Å². The molecular weight excluding hydrogens is 406 g/mol. The van der Waals surface area contributed by atoms with E-state index in [1.165, 1.54) is 18.4 Å². The summed E-state index contributed by atoms with van der Waals surface area (Å²) in [4.78, 5) is 35.8. The van der Waals surface area contributed by atoms with Crippen molar-refractivity contribution in [2.24, 2.45) is 0 Å². The first-order valence-electron chi connectivity index (χ1n) is 10.1. The molecule has 4 heterocycles. The van der Waals surface area contributed by atoms with Gasteiger partial charge in [0, 0.05) is 43.9 Å². The van der Waals surface area contributed by atoms with Crippen LogP contribution in [-0.2, 0) is 19.0 Å². The van der Waals surface area contributed by atoms with E-state index in [0.29, 0.717) is 50.9 Å². The molecule has 4 rings (SSSR count). The van der Waals surface area contributed by atoms with E-state index in [0.717, 1.165) is 15.8 Å². The average Bonchev–Trinajstić information content (AvgIpc) is 3.18. The summed E-state index contributed by atoms with van der Waals surface area (Å²) in [7, 11) is 1.53. The molecule has 30 heavy (non-hydrogen) atoms. The number of aromatic nitrogens is 1. The van der Waals surface area contributed by atoms with Crippen molar-refractivity contribution < 1.29 is 23.8 Å². The number of hydrogen-bond donors (Lipinski definition) is 0. The highest BCUT2D eigenvalue weighted by atomic mass is 32.1. The highest BCUT2D eigenvalue weighted by Crippen LogP contribution is 2.38. The van der Waals surface area contributed by atoms with Gasteiger partial charge in [0.25, 0.3) is 11.8 Å². The second kappa shape index (κ2) is 8.58. The van der Waals surface area contributed by atoms with Crippen LogP contribution in [0.15, 0.2) is 18.3 Å². The first-order valence-corrected chi connectivity index (χ1v) is 10.9. The van der Waals surface area contributed by atoms with Crippen LogP contribution in [-0.4, -0.2) is 85.3 Å². The van der Waals surface area contributed by atoms with Crippen LogP contribution < -0.4 is 0 Å². The predicted octanol–water partition coefficient (Wildman–Crippen LogP) is 2.09. The minimum atomic E-state index is -0.910. The summed E-state index contributed by atoms with van der Waals surface area (Å²) in [5, 5.41) is 0.907. The smallest absolute Gasteiger partial charge is 0.264 e. The van der Waals surface area contributed by atoms with Crippen molar-refractivity contribution in [3.05, 3.63) is 28.8 Å². The van der Waals surface area contributed by atoms with Crippen LogP contribution >= 0.6 is 11.3 Å². The van der Waals surface area contributed by atoms with E-state index in [9.17, 15) is 9.59 Å². The lowest BCUT2D eigenvalue weighted by Gasteiger charge is -2.37. The monoisotopic (exact) mass is 433 g/mol. The molecule has 0 unspecified atom stereocenters. The van der Waals surface area contributed by atoms with Crippen LogP contribution in [0.5, 0.6) is 0 Å². The van der Waals surface area contributed by atoms with E-state index in [2.05, 4.69) is 4.98 Å². The van der Waals surface area contributed by atoms with Crippen molar-refractivity contribution in [2.45, 2.75) is 25.6 Å². The summed E-state index contributed by atoms with van der Waals surface area (Å²) < 4.78 is 16.9. The van der Waals surface area contributed by atoms with Crippen LogP contribution in [0.4, 0.5) is 0 Å². The second-order valence-electron chi connectivity index (χ2n) is 7.93. The van der Waals surface area contributed by atoms with Gasteiger partial charge in [0.1, 0.15) is 21.4 Å². The Kier molecular flexibility index (Phi) is 6.06. The molecule has 2 aliphatic rings. The Morgan fingerprint density at radius 3 is 2.67 bits per heavy atom. The Labute approximate surface area is 179 Å². The minimum Gasteiger partial charge on any atom is -0.378 e. The molecule has 162 valence electrons. The molecule has 2 fully saturated rings. The third-order valence-corrected chi connectivity index (χ3v) is 6.82. The number of nitrogens with zero attached hydrogens (tertiary/aromatic N) is 3. The molecule has 2 saturated heterocycles. The number of amides is 2. The zero-order chi connectivity index (χ0) is 21.3. The van der Waals surface area contributed by atoms with Crippen LogP contribution in [0.3, 0.4) is 0 Å². The third kappa shape index (κ3) is 3.94. The summed E-state index contributed by atoms with van der Waals surface area (Å²) in [6.45, 7) is 7.01. The van der Waals surface area contributed by atoms with Crippen LogP contribution in [0.2, 0.25) is 0 Å². The first kappa shape index (κ1) is 21.2. The number of pyridine rings is 1. The van der Waals surface area contributed by atoms with Gasteiger partial charge in [0.05, 0.1) is 26.4 Å². The van der Waals surface area contributed by atoms with E-state index in [1.54, 1.807) is 24.9 Å². The largest absolute Gasteiger partial charge is 0.378 e. The highest BCUT2D eigenvalue weighted by molar-refractivity contribution is 7.20. The number of hydrogen-bond acceptors (Lipinski definition) is 7. The standard InChI is InChI=1S/C21H27N3O5S/c1-21(2,27-3)20(26)24-9-12-29-15(13-24)16-14-5-4-6-22-18(14)30-17(16)19(25)23-7-10-28-11-8-23/h4-6,15H,7-13H2,1-3H3/t15-/m1/s1. The maximum absolute atomic E-state index is 13.4. The van der Waals surface area contributed by atoms with Gasteiger partial charge < -0.3 is 24.0 Å². The van der Waals surface area contributed by atoms with Gasteiger partial charge in [-0.1, -0.05) is 6.07 Å². The van der Waals surface area contributed by atoms with Gasteiger partial charge >= 0.3 is 0 Å². The number of ether oxygens (including phenoxy) is 3. The lowest BCUT2D eigenvalue weighted by molar-refractivity contribution is -0.158. The molecule has 0 radical (unpaired) electrons. The van der Waals surface area contributed by atoms with E-state index in [4.69, 9.17) is 14.2 Å². The SMILES string of the molecule is COC(C)(C)C(=O)N1CCO[C@@H](c2c(C(=O)N3CCOCC3)sc3ncccc23)C1. The van der Waals surface area contributed by atoms with Gasteiger partial charge in [-0.25, -0.2) is 4.98 Å². The van der Waals surface area contributed by atoms with Crippen molar-refractivity contribution in [1.82, 2.24) is 14.8 Å². The van der Waals surface area contributed by atoms with Crippen LogP contribution in [0.25, 0.3) is 10.2 Å². The van der Waals surface area contributed by atoms with Crippen molar-refractivity contribution >= 4 is 33.4 Å². The van der Waals surface area contributed by atoms with Crippen molar-refractivity contribution in [1.29, 1.82) is 0 Å².